The maximum absolute atomic E-state index is 11.2. The molecule has 0 aromatic heterocycles. The zero-order valence-electron chi connectivity index (χ0n) is 7.27. The second kappa shape index (κ2) is 2.36. The van der Waals surface area contributed by atoms with E-state index >= 15 is 0 Å². The number of Topliss-reactive ketones (excluding diaryl/α,β-unsaturated/α-hetero) is 1. The molecule has 0 spiro atoms. The predicted octanol–water partition coefficient (Wildman–Crippen LogP) is 2.21. The minimum absolute atomic E-state index is 0.106. The first-order chi connectivity index (χ1) is 4.93. The Labute approximate surface area is 66.9 Å². The molecule has 62 valence electrons. The van der Waals surface area contributed by atoms with Crippen LogP contribution in [-0.2, 0) is 4.79 Å². The summed E-state index contributed by atoms with van der Waals surface area (Å²) >= 11 is 0. The summed E-state index contributed by atoms with van der Waals surface area (Å²) in [5, 5.41) is 9.35. The van der Waals surface area contributed by atoms with Crippen molar-refractivity contribution in [2.45, 2.75) is 33.6 Å². The van der Waals surface area contributed by atoms with Gasteiger partial charge in [0.05, 0.1) is 5.76 Å². The highest BCUT2D eigenvalue weighted by Crippen LogP contribution is 2.34. The van der Waals surface area contributed by atoms with Gasteiger partial charge < -0.3 is 5.11 Å². The van der Waals surface area contributed by atoms with Crippen molar-refractivity contribution in [1.82, 2.24) is 0 Å². The van der Waals surface area contributed by atoms with Gasteiger partial charge in [0, 0.05) is 18.4 Å². The van der Waals surface area contributed by atoms with E-state index in [0.29, 0.717) is 24.2 Å². The molecule has 0 saturated heterocycles. The van der Waals surface area contributed by atoms with E-state index in [4.69, 9.17) is 0 Å². The van der Waals surface area contributed by atoms with Gasteiger partial charge in [-0.2, -0.15) is 0 Å². The lowest BCUT2D eigenvalue weighted by molar-refractivity contribution is -0.115. The minimum atomic E-state index is -0.197. The summed E-state index contributed by atoms with van der Waals surface area (Å²) in [6.45, 7) is 5.84. The molecule has 0 bridgehead atoms. The van der Waals surface area contributed by atoms with Crippen LogP contribution in [0.25, 0.3) is 0 Å². The SMILES string of the molecule is CC(C)(C)C1=C(O)CCC1=O. The molecule has 1 N–H and O–H groups in total. The van der Waals surface area contributed by atoms with E-state index in [2.05, 4.69) is 0 Å². The number of carbonyl (C=O) groups is 1. The van der Waals surface area contributed by atoms with Gasteiger partial charge >= 0.3 is 0 Å². The molecule has 0 saturated carbocycles. The lowest BCUT2D eigenvalue weighted by Crippen LogP contribution is -2.15. The molecule has 0 aliphatic heterocycles. The van der Waals surface area contributed by atoms with Crippen LogP contribution in [0.15, 0.2) is 11.3 Å². The first-order valence-electron chi connectivity index (χ1n) is 3.88. The third-order valence-electron chi connectivity index (χ3n) is 1.91. The monoisotopic (exact) mass is 154 g/mol. The Hall–Kier alpha value is -0.790. The van der Waals surface area contributed by atoms with Crippen LogP contribution < -0.4 is 0 Å². The van der Waals surface area contributed by atoms with E-state index in [-0.39, 0.29) is 11.2 Å². The fourth-order valence-electron chi connectivity index (χ4n) is 1.49. The lowest BCUT2D eigenvalue weighted by atomic mass is 9.85. The molecular weight excluding hydrogens is 140 g/mol. The molecule has 0 atom stereocenters. The van der Waals surface area contributed by atoms with Gasteiger partial charge in [-0.15, -0.1) is 0 Å². The maximum atomic E-state index is 11.2. The Morgan fingerprint density at radius 1 is 1.27 bits per heavy atom. The molecule has 1 rings (SSSR count). The fourth-order valence-corrected chi connectivity index (χ4v) is 1.49. The molecular formula is C9H14O2. The zero-order valence-corrected chi connectivity index (χ0v) is 7.27. The summed E-state index contributed by atoms with van der Waals surface area (Å²) < 4.78 is 0. The third-order valence-corrected chi connectivity index (χ3v) is 1.91. The lowest BCUT2D eigenvalue weighted by Gasteiger charge is -2.18. The fraction of sp³-hybridized carbons (Fsp3) is 0.667. The second-order valence-electron chi connectivity index (χ2n) is 3.99. The van der Waals surface area contributed by atoms with Gasteiger partial charge in [-0.05, 0) is 5.41 Å². The zero-order chi connectivity index (χ0) is 8.65. The molecule has 0 amide bonds. The molecule has 1 aliphatic rings. The van der Waals surface area contributed by atoms with E-state index in [0.717, 1.165) is 0 Å². The highest BCUT2D eigenvalue weighted by Gasteiger charge is 2.31. The predicted molar refractivity (Wildman–Crippen MR) is 43.4 cm³/mol. The highest BCUT2D eigenvalue weighted by atomic mass is 16.3. The van der Waals surface area contributed by atoms with E-state index in [1.807, 2.05) is 20.8 Å². The number of aliphatic hydroxyl groups excluding tert-OH is 1. The molecule has 2 heteroatoms. The molecule has 0 unspecified atom stereocenters. The number of allylic oxidation sites excluding steroid dienone is 2. The van der Waals surface area contributed by atoms with Crippen LogP contribution in [0, 0.1) is 5.41 Å². The van der Waals surface area contributed by atoms with E-state index in [9.17, 15) is 9.90 Å². The van der Waals surface area contributed by atoms with Crippen molar-refractivity contribution >= 4 is 5.78 Å². The normalized spacial score (nSPS) is 19.7. The second-order valence-corrected chi connectivity index (χ2v) is 3.99. The number of hydrogen-bond donors (Lipinski definition) is 1. The number of carbonyl (C=O) groups excluding carboxylic acids is 1. The van der Waals surface area contributed by atoms with Crippen LogP contribution in [-0.4, -0.2) is 10.9 Å². The van der Waals surface area contributed by atoms with Crippen molar-refractivity contribution in [2.24, 2.45) is 5.41 Å². The Morgan fingerprint density at radius 2 is 1.82 bits per heavy atom. The van der Waals surface area contributed by atoms with Gasteiger partial charge in [0.15, 0.2) is 5.78 Å². The van der Waals surface area contributed by atoms with Gasteiger partial charge in [-0.25, -0.2) is 0 Å². The molecule has 2 nitrogen and oxygen atoms in total. The summed E-state index contributed by atoms with van der Waals surface area (Å²) in [4.78, 5) is 11.2. The Kier molecular flexibility index (Phi) is 1.78. The topological polar surface area (TPSA) is 37.3 Å². The van der Waals surface area contributed by atoms with Crippen LogP contribution in [0.1, 0.15) is 33.6 Å². The summed E-state index contributed by atoms with van der Waals surface area (Å²) in [5.74, 6) is 0.400. The van der Waals surface area contributed by atoms with E-state index < -0.39 is 0 Å². The maximum Gasteiger partial charge on any atom is 0.163 e. The van der Waals surface area contributed by atoms with Gasteiger partial charge in [0.25, 0.3) is 0 Å². The van der Waals surface area contributed by atoms with E-state index in [1.54, 1.807) is 0 Å². The summed E-state index contributed by atoms with van der Waals surface area (Å²) in [6.07, 6.45) is 1.02. The minimum Gasteiger partial charge on any atom is -0.512 e. The average molecular weight is 154 g/mol. The molecule has 0 fully saturated rings. The van der Waals surface area contributed by atoms with E-state index in [1.165, 1.54) is 0 Å². The van der Waals surface area contributed by atoms with Crippen LogP contribution in [0.4, 0.5) is 0 Å². The van der Waals surface area contributed by atoms with Crippen molar-refractivity contribution < 1.29 is 9.90 Å². The number of aliphatic hydroxyl groups is 1. The Morgan fingerprint density at radius 3 is 2.00 bits per heavy atom. The van der Waals surface area contributed by atoms with Crippen LogP contribution in [0.5, 0.6) is 0 Å². The van der Waals surface area contributed by atoms with Crippen molar-refractivity contribution in [2.75, 3.05) is 0 Å². The van der Waals surface area contributed by atoms with Crippen molar-refractivity contribution in [3.05, 3.63) is 11.3 Å². The van der Waals surface area contributed by atoms with Crippen molar-refractivity contribution in [1.29, 1.82) is 0 Å². The van der Waals surface area contributed by atoms with Gasteiger partial charge in [-0.3, -0.25) is 4.79 Å². The number of hydrogen-bond acceptors (Lipinski definition) is 2. The number of ketones is 1. The van der Waals surface area contributed by atoms with Crippen LogP contribution in [0.3, 0.4) is 0 Å². The first-order valence-corrected chi connectivity index (χ1v) is 3.88. The van der Waals surface area contributed by atoms with Gasteiger partial charge in [0.2, 0.25) is 0 Å². The first kappa shape index (κ1) is 8.31. The van der Waals surface area contributed by atoms with Crippen LogP contribution in [0.2, 0.25) is 0 Å². The van der Waals surface area contributed by atoms with Crippen LogP contribution >= 0.6 is 0 Å². The van der Waals surface area contributed by atoms with Crippen molar-refractivity contribution in [3.8, 4) is 0 Å². The Bertz CT molecular complexity index is 218. The number of rotatable bonds is 0. The highest BCUT2D eigenvalue weighted by molar-refractivity contribution is 5.99. The summed E-state index contributed by atoms with van der Waals surface area (Å²) in [7, 11) is 0. The third kappa shape index (κ3) is 1.44. The standard InChI is InChI=1S/C9H14O2/c1-9(2,3)8-6(10)4-5-7(8)11/h10H,4-5H2,1-3H3. The summed E-state index contributed by atoms with van der Waals surface area (Å²) in [6, 6.07) is 0. The molecule has 0 aromatic rings. The molecule has 0 aromatic carbocycles. The molecule has 1 aliphatic carbocycles. The largest absolute Gasteiger partial charge is 0.512 e. The summed E-state index contributed by atoms with van der Waals surface area (Å²) in [5.41, 5.74) is 0.426. The van der Waals surface area contributed by atoms with Gasteiger partial charge in [0.1, 0.15) is 0 Å². The molecule has 0 radical (unpaired) electrons. The average Bonchev–Trinajstić information content (AvgIpc) is 2.08. The smallest absolute Gasteiger partial charge is 0.163 e. The Balaban J connectivity index is 3.02. The molecule has 11 heavy (non-hydrogen) atoms. The molecule has 0 heterocycles. The van der Waals surface area contributed by atoms with Crippen molar-refractivity contribution in [3.63, 3.8) is 0 Å². The quantitative estimate of drug-likeness (QED) is 0.580. The van der Waals surface area contributed by atoms with Gasteiger partial charge in [-0.1, -0.05) is 20.8 Å².